The Balaban J connectivity index is 2.26. The molecule has 3 amide bonds. The van der Waals surface area contributed by atoms with E-state index in [4.69, 9.17) is 4.74 Å². The first-order valence-electron chi connectivity index (χ1n) is 9.46. The molecule has 0 saturated carbocycles. The summed E-state index contributed by atoms with van der Waals surface area (Å²) >= 11 is 1.56. The number of methoxy groups -OCH3 is 2. The van der Waals surface area contributed by atoms with E-state index in [9.17, 15) is 19.2 Å². The second-order valence-corrected chi connectivity index (χ2v) is 7.24. The molecule has 0 aromatic heterocycles. The van der Waals surface area contributed by atoms with Crippen LogP contribution in [-0.2, 0) is 19.1 Å². The van der Waals surface area contributed by atoms with E-state index in [2.05, 4.69) is 20.7 Å². The van der Waals surface area contributed by atoms with E-state index in [0.29, 0.717) is 23.5 Å². The smallest absolute Gasteiger partial charge is 0.328 e. The number of ether oxygens (including phenoxy) is 2. The Morgan fingerprint density at radius 3 is 2.20 bits per heavy atom. The van der Waals surface area contributed by atoms with Crippen molar-refractivity contribution in [1.82, 2.24) is 16.0 Å². The minimum Gasteiger partial charge on any atom is -0.497 e. The van der Waals surface area contributed by atoms with Crippen LogP contribution in [0.4, 0.5) is 0 Å². The molecule has 0 saturated heterocycles. The summed E-state index contributed by atoms with van der Waals surface area (Å²) in [5.74, 6) is -0.0570. The molecule has 0 unspecified atom stereocenters. The van der Waals surface area contributed by atoms with E-state index < -0.39 is 12.0 Å². The molecule has 9 nitrogen and oxygen atoms in total. The molecule has 1 atom stereocenters. The Labute approximate surface area is 180 Å². The van der Waals surface area contributed by atoms with Crippen molar-refractivity contribution in [1.29, 1.82) is 0 Å². The van der Waals surface area contributed by atoms with Gasteiger partial charge in [-0.3, -0.25) is 14.4 Å². The van der Waals surface area contributed by atoms with Gasteiger partial charge in [0.05, 0.1) is 14.2 Å². The van der Waals surface area contributed by atoms with E-state index in [-0.39, 0.29) is 43.7 Å². The fraction of sp³-hybridized carbons (Fsp3) is 0.500. The Bertz CT molecular complexity index is 711. The van der Waals surface area contributed by atoms with E-state index >= 15 is 0 Å². The number of carbonyl (C=O) groups is 4. The minimum absolute atomic E-state index is 0.0384. The Morgan fingerprint density at radius 1 is 0.967 bits per heavy atom. The molecule has 3 N–H and O–H groups in total. The maximum Gasteiger partial charge on any atom is 0.328 e. The molecule has 10 heteroatoms. The van der Waals surface area contributed by atoms with Crippen LogP contribution in [-0.4, -0.2) is 69.1 Å². The highest BCUT2D eigenvalue weighted by Gasteiger charge is 2.20. The van der Waals surface area contributed by atoms with Crippen LogP contribution in [0.1, 0.15) is 29.6 Å². The summed E-state index contributed by atoms with van der Waals surface area (Å²) in [6, 6.07) is 5.93. The molecular formula is C20H29N3O6S. The second-order valence-electron chi connectivity index (χ2n) is 6.26. The average Bonchev–Trinajstić information content (AvgIpc) is 2.75. The third-order valence-electron chi connectivity index (χ3n) is 4.10. The van der Waals surface area contributed by atoms with Gasteiger partial charge in [0.2, 0.25) is 11.8 Å². The van der Waals surface area contributed by atoms with Gasteiger partial charge in [-0.1, -0.05) is 0 Å². The molecular weight excluding hydrogens is 410 g/mol. The molecule has 0 aliphatic carbocycles. The lowest BCUT2D eigenvalue weighted by atomic mass is 10.2. The Morgan fingerprint density at radius 2 is 1.60 bits per heavy atom. The zero-order valence-electron chi connectivity index (χ0n) is 17.5. The van der Waals surface area contributed by atoms with Crippen LogP contribution >= 0.6 is 11.8 Å². The summed E-state index contributed by atoms with van der Waals surface area (Å²) in [5.41, 5.74) is 0.467. The van der Waals surface area contributed by atoms with E-state index in [0.717, 1.165) is 0 Å². The monoisotopic (exact) mass is 439 g/mol. The Hall–Kier alpha value is -2.75. The molecule has 0 spiro atoms. The highest BCUT2D eigenvalue weighted by molar-refractivity contribution is 7.98. The van der Waals surface area contributed by atoms with Gasteiger partial charge in [-0.15, -0.1) is 0 Å². The van der Waals surface area contributed by atoms with Crippen molar-refractivity contribution in [3.8, 4) is 5.75 Å². The minimum atomic E-state index is -0.696. The topological polar surface area (TPSA) is 123 Å². The molecule has 0 radical (unpaired) electrons. The number of carbonyl (C=O) groups excluding carboxylic acids is 4. The standard InChI is InChI=1S/C20H29N3O6S/c1-28-15-6-4-14(5-7-15)19(26)22-12-8-17(24)21-11-9-18(25)23-16(10-13-30-3)20(27)29-2/h4-7,16H,8-13H2,1-3H3,(H,21,24)(H,22,26)(H,23,25)/t16-/m1/s1. The molecule has 0 fully saturated rings. The van der Waals surface area contributed by atoms with Gasteiger partial charge in [0.1, 0.15) is 11.8 Å². The van der Waals surface area contributed by atoms with Crippen molar-refractivity contribution in [2.45, 2.75) is 25.3 Å². The summed E-state index contributed by atoms with van der Waals surface area (Å²) in [4.78, 5) is 47.5. The quantitative estimate of drug-likeness (QED) is 0.387. The molecule has 0 heterocycles. The van der Waals surface area contributed by atoms with Crippen LogP contribution in [0.15, 0.2) is 24.3 Å². The molecule has 0 bridgehead atoms. The second kappa shape index (κ2) is 14.3. The van der Waals surface area contributed by atoms with E-state index in [1.807, 2.05) is 6.26 Å². The molecule has 0 aliphatic rings. The van der Waals surface area contributed by atoms with Crippen LogP contribution in [0, 0.1) is 0 Å². The molecule has 1 aromatic carbocycles. The number of rotatable bonds is 13. The normalized spacial score (nSPS) is 11.2. The van der Waals surface area contributed by atoms with Crippen LogP contribution in [0.5, 0.6) is 5.75 Å². The van der Waals surface area contributed by atoms with Crippen LogP contribution in [0.25, 0.3) is 0 Å². The first kappa shape index (κ1) is 25.3. The largest absolute Gasteiger partial charge is 0.497 e. The molecule has 30 heavy (non-hydrogen) atoms. The predicted molar refractivity (Wildman–Crippen MR) is 115 cm³/mol. The maximum atomic E-state index is 12.0. The first-order valence-corrected chi connectivity index (χ1v) is 10.9. The number of hydrogen-bond donors (Lipinski definition) is 3. The van der Waals surface area contributed by atoms with Crippen LogP contribution in [0.3, 0.4) is 0 Å². The lowest BCUT2D eigenvalue weighted by molar-refractivity contribution is -0.145. The fourth-order valence-electron chi connectivity index (χ4n) is 2.43. The van der Waals surface area contributed by atoms with E-state index in [1.54, 1.807) is 43.1 Å². The molecule has 166 valence electrons. The first-order chi connectivity index (χ1) is 14.4. The number of nitrogens with one attached hydrogen (secondary N) is 3. The van der Waals surface area contributed by atoms with Gasteiger partial charge in [-0.25, -0.2) is 4.79 Å². The van der Waals surface area contributed by atoms with Crippen molar-refractivity contribution in [2.75, 3.05) is 39.3 Å². The van der Waals surface area contributed by atoms with Gasteiger partial charge in [-0.05, 0) is 42.7 Å². The van der Waals surface area contributed by atoms with Gasteiger partial charge >= 0.3 is 5.97 Å². The van der Waals surface area contributed by atoms with Crippen LogP contribution < -0.4 is 20.7 Å². The molecule has 1 aromatic rings. The van der Waals surface area contributed by atoms with Gasteiger partial charge in [-0.2, -0.15) is 11.8 Å². The summed E-state index contributed by atoms with van der Waals surface area (Å²) in [7, 11) is 2.81. The third kappa shape index (κ3) is 9.64. The summed E-state index contributed by atoms with van der Waals surface area (Å²) in [6.07, 6.45) is 2.50. The number of thioether (sulfide) groups is 1. The summed E-state index contributed by atoms with van der Waals surface area (Å²) < 4.78 is 9.72. The van der Waals surface area contributed by atoms with Crippen molar-refractivity contribution >= 4 is 35.5 Å². The summed E-state index contributed by atoms with van der Waals surface area (Å²) in [5, 5.41) is 7.89. The number of benzene rings is 1. The predicted octanol–water partition coefficient (Wildman–Crippen LogP) is 0.732. The number of amides is 3. The maximum absolute atomic E-state index is 12.0. The highest BCUT2D eigenvalue weighted by atomic mass is 32.2. The third-order valence-corrected chi connectivity index (χ3v) is 4.74. The molecule has 0 aliphatic heterocycles. The highest BCUT2D eigenvalue weighted by Crippen LogP contribution is 2.11. The SMILES string of the molecule is COC(=O)[C@@H](CCSC)NC(=O)CCNC(=O)CCNC(=O)c1ccc(OC)cc1. The van der Waals surface area contributed by atoms with Gasteiger partial charge in [0, 0.05) is 31.5 Å². The van der Waals surface area contributed by atoms with Crippen molar-refractivity contribution in [3.05, 3.63) is 29.8 Å². The number of esters is 1. The van der Waals surface area contributed by atoms with Crippen molar-refractivity contribution in [3.63, 3.8) is 0 Å². The number of hydrogen-bond acceptors (Lipinski definition) is 7. The lowest BCUT2D eigenvalue weighted by Crippen LogP contribution is -2.43. The van der Waals surface area contributed by atoms with Gasteiger partial charge < -0.3 is 25.4 Å². The fourth-order valence-corrected chi connectivity index (χ4v) is 2.90. The average molecular weight is 440 g/mol. The van der Waals surface area contributed by atoms with Crippen molar-refractivity contribution in [2.24, 2.45) is 0 Å². The van der Waals surface area contributed by atoms with Gasteiger partial charge in [0.25, 0.3) is 5.91 Å². The zero-order valence-corrected chi connectivity index (χ0v) is 18.3. The lowest BCUT2D eigenvalue weighted by Gasteiger charge is -2.16. The van der Waals surface area contributed by atoms with Crippen LogP contribution in [0.2, 0.25) is 0 Å². The molecule has 1 rings (SSSR count). The zero-order chi connectivity index (χ0) is 22.4. The Kier molecular flexibility index (Phi) is 12.0. The van der Waals surface area contributed by atoms with Crippen molar-refractivity contribution < 1.29 is 28.7 Å². The van der Waals surface area contributed by atoms with Gasteiger partial charge in [0.15, 0.2) is 0 Å². The van der Waals surface area contributed by atoms with E-state index in [1.165, 1.54) is 7.11 Å². The summed E-state index contributed by atoms with van der Waals surface area (Å²) in [6.45, 7) is 0.301.